The molecule has 2 aliphatic heterocycles. The summed E-state index contributed by atoms with van der Waals surface area (Å²) in [5.41, 5.74) is 5.57. The lowest BCUT2D eigenvalue weighted by molar-refractivity contribution is -0.123. The summed E-state index contributed by atoms with van der Waals surface area (Å²) in [6, 6.07) is 0. The van der Waals surface area contributed by atoms with Gasteiger partial charge in [0, 0.05) is 26.9 Å². The molecule has 6 heteroatoms. The molecule has 4 N–H and O–H groups in total. The molecule has 3 fully saturated rings. The maximum Gasteiger partial charge on any atom is 0.220 e. The van der Waals surface area contributed by atoms with Gasteiger partial charge < -0.3 is 11.1 Å². The number of nitrogens with two attached hydrogens (primary N) is 1. The normalized spacial score (nSPS) is 48.4. The van der Waals surface area contributed by atoms with E-state index < -0.39 is 9.73 Å². The molecule has 120 valence electrons. The molecular formula is C15H27N3O2S. The Morgan fingerprint density at radius 1 is 1.33 bits per heavy atom. The summed E-state index contributed by atoms with van der Waals surface area (Å²) in [4.78, 5) is 11.4. The number of hydrogen-bond donors (Lipinski definition) is 3. The zero-order chi connectivity index (χ0) is 15.5. The van der Waals surface area contributed by atoms with Gasteiger partial charge in [0.05, 0.1) is 4.75 Å². The molecule has 5 atom stereocenters. The Balaban J connectivity index is 1.65. The van der Waals surface area contributed by atoms with Crippen molar-refractivity contribution in [3.05, 3.63) is 0 Å². The fraction of sp³-hybridized carbons (Fsp3) is 0.933. The Labute approximate surface area is 127 Å². The second-order valence-electron chi connectivity index (χ2n) is 7.78. The molecule has 1 saturated carbocycles. The molecular weight excluding hydrogens is 286 g/mol. The van der Waals surface area contributed by atoms with Crippen LogP contribution in [0.1, 0.15) is 46.0 Å². The van der Waals surface area contributed by atoms with E-state index in [0.717, 1.165) is 38.6 Å². The number of carbonyl (C=O) groups excluding carboxylic acids is 1. The van der Waals surface area contributed by atoms with Gasteiger partial charge in [0.15, 0.2) is 0 Å². The Kier molecular flexibility index (Phi) is 3.41. The first-order chi connectivity index (χ1) is 9.68. The number of amides is 1. The van der Waals surface area contributed by atoms with E-state index >= 15 is 0 Å². The lowest BCUT2D eigenvalue weighted by Crippen LogP contribution is -2.45. The largest absolute Gasteiger partial charge is 0.369 e. The van der Waals surface area contributed by atoms with Gasteiger partial charge in [-0.1, -0.05) is 0 Å². The second kappa shape index (κ2) is 4.69. The summed E-state index contributed by atoms with van der Waals surface area (Å²) in [7, 11) is -2.45. The van der Waals surface area contributed by atoms with Crippen LogP contribution in [0.15, 0.2) is 0 Å². The molecule has 2 saturated heterocycles. The molecule has 0 aromatic rings. The first-order valence-corrected chi connectivity index (χ1v) is 9.71. The van der Waals surface area contributed by atoms with Crippen LogP contribution in [0.4, 0.5) is 0 Å². The van der Waals surface area contributed by atoms with Crippen molar-refractivity contribution >= 4 is 15.6 Å². The Bertz CT molecular complexity index is 557. The van der Waals surface area contributed by atoms with E-state index in [0.29, 0.717) is 17.6 Å². The third-order valence-electron chi connectivity index (χ3n) is 6.37. The molecule has 21 heavy (non-hydrogen) atoms. The van der Waals surface area contributed by atoms with Gasteiger partial charge in [-0.05, 0) is 64.3 Å². The lowest BCUT2D eigenvalue weighted by Gasteiger charge is -2.32. The second-order valence-corrected chi connectivity index (χ2v) is 10.6. The molecule has 5 nitrogen and oxygen atoms in total. The molecule has 0 aromatic carbocycles. The van der Waals surface area contributed by atoms with Crippen LogP contribution >= 0.6 is 0 Å². The van der Waals surface area contributed by atoms with Gasteiger partial charge in [0.1, 0.15) is 0 Å². The van der Waals surface area contributed by atoms with Gasteiger partial charge in [0.2, 0.25) is 5.91 Å². The highest BCUT2D eigenvalue weighted by Gasteiger charge is 2.58. The van der Waals surface area contributed by atoms with Crippen LogP contribution in [0.2, 0.25) is 0 Å². The van der Waals surface area contributed by atoms with Crippen molar-refractivity contribution in [1.82, 2.24) is 5.32 Å². The Hall–Kier alpha value is -0.620. The number of rotatable bonds is 3. The van der Waals surface area contributed by atoms with Gasteiger partial charge in [-0.3, -0.25) is 9.57 Å². The molecule has 1 aliphatic carbocycles. The van der Waals surface area contributed by atoms with Crippen LogP contribution in [0.3, 0.4) is 0 Å². The predicted molar refractivity (Wildman–Crippen MR) is 83.3 cm³/mol. The van der Waals surface area contributed by atoms with Crippen molar-refractivity contribution in [2.24, 2.45) is 23.5 Å². The van der Waals surface area contributed by atoms with Crippen LogP contribution < -0.4 is 11.1 Å². The van der Waals surface area contributed by atoms with Crippen LogP contribution in [0.25, 0.3) is 0 Å². The van der Waals surface area contributed by atoms with Crippen LogP contribution in [0.5, 0.6) is 0 Å². The summed E-state index contributed by atoms with van der Waals surface area (Å²) in [5.74, 6) is 1.30. The quantitative estimate of drug-likeness (QED) is 0.736. The van der Waals surface area contributed by atoms with E-state index in [1.165, 1.54) is 0 Å². The number of hydrogen-bond acceptors (Lipinski definition) is 4. The predicted octanol–water partition coefficient (Wildman–Crippen LogP) is 1.47. The van der Waals surface area contributed by atoms with E-state index in [4.69, 9.17) is 10.5 Å². The van der Waals surface area contributed by atoms with Crippen molar-refractivity contribution in [2.75, 3.05) is 12.3 Å². The Morgan fingerprint density at radius 3 is 2.62 bits per heavy atom. The average molecular weight is 313 g/mol. The zero-order valence-electron chi connectivity index (χ0n) is 13.0. The molecule has 0 bridgehead atoms. The summed E-state index contributed by atoms with van der Waals surface area (Å²) in [5, 5.41) is 3.60. The molecule has 1 amide bonds. The van der Waals surface area contributed by atoms with Crippen molar-refractivity contribution in [3.8, 4) is 0 Å². The highest BCUT2D eigenvalue weighted by molar-refractivity contribution is 7.94. The van der Waals surface area contributed by atoms with Gasteiger partial charge >= 0.3 is 0 Å². The topological polar surface area (TPSA) is 96.0 Å². The van der Waals surface area contributed by atoms with Crippen molar-refractivity contribution in [2.45, 2.75) is 56.2 Å². The summed E-state index contributed by atoms with van der Waals surface area (Å²) >= 11 is 0. The maximum absolute atomic E-state index is 12.4. The highest BCUT2D eigenvalue weighted by atomic mass is 32.2. The SMILES string of the molecule is CC1(C)[C@H](CC2CC23CC(C(N)=O)CCN3)CC[S@@]1(=N)=O. The van der Waals surface area contributed by atoms with Gasteiger partial charge in [-0.15, -0.1) is 0 Å². The third-order valence-corrected chi connectivity index (χ3v) is 9.21. The van der Waals surface area contributed by atoms with Crippen LogP contribution in [-0.2, 0) is 14.5 Å². The first kappa shape index (κ1) is 15.3. The minimum Gasteiger partial charge on any atom is -0.369 e. The maximum atomic E-state index is 12.4. The number of primary amides is 1. The molecule has 1 spiro atoms. The van der Waals surface area contributed by atoms with Crippen LogP contribution in [-0.4, -0.2) is 32.7 Å². The van der Waals surface area contributed by atoms with E-state index in [1.54, 1.807) is 0 Å². The summed E-state index contributed by atoms with van der Waals surface area (Å²) in [6.07, 6.45) is 4.74. The van der Waals surface area contributed by atoms with Crippen molar-refractivity contribution < 1.29 is 9.00 Å². The number of nitrogens with one attached hydrogen (secondary N) is 2. The summed E-state index contributed by atoms with van der Waals surface area (Å²) < 4.78 is 20.0. The zero-order valence-corrected chi connectivity index (χ0v) is 13.8. The molecule has 3 aliphatic rings. The van der Waals surface area contributed by atoms with Crippen LogP contribution in [0, 0.1) is 22.5 Å². The van der Waals surface area contributed by atoms with Gasteiger partial charge in [-0.25, -0.2) is 4.21 Å². The third kappa shape index (κ3) is 2.40. The molecule has 3 unspecified atom stereocenters. The van der Waals surface area contributed by atoms with Crippen molar-refractivity contribution in [1.29, 1.82) is 4.78 Å². The lowest BCUT2D eigenvalue weighted by atomic mass is 9.84. The number of carbonyl (C=O) groups is 1. The number of piperidine rings is 1. The first-order valence-electron chi connectivity index (χ1n) is 7.98. The smallest absolute Gasteiger partial charge is 0.220 e. The molecule has 0 radical (unpaired) electrons. The van der Waals surface area contributed by atoms with Gasteiger partial charge in [-0.2, -0.15) is 0 Å². The average Bonchev–Trinajstić information content (AvgIpc) is 2.99. The minimum atomic E-state index is -2.45. The summed E-state index contributed by atoms with van der Waals surface area (Å²) in [6.45, 7) is 4.86. The fourth-order valence-electron chi connectivity index (χ4n) is 4.44. The Morgan fingerprint density at radius 2 is 2.05 bits per heavy atom. The molecule has 3 rings (SSSR count). The van der Waals surface area contributed by atoms with E-state index in [-0.39, 0.29) is 22.1 Å². The van der Waals surface area contributed by atoms with E-state index in [9.17, 15) is 9.00 Å². The van der Waals surface area contributed by atoms with E-state index in [2.05, 4.69) is 5.32 Å². The molecule has 2 heterocycles. The fourth-order valence-corrected chi connectivity index (χ4v) is 6.34. The molecule has 0 aromatic heterocycles. The minimum absolute atomic E-state index is 0.00763. The monoisotopic (exact) mass is 313 g/mol. The van der Waals surface area contributed by atoms with E-state index in [1.807, 2.05) is 13.8 Å². The highest BCUT2D eigenvalue weighted by Crippen LogP contribution is 2.55. The van der Waals surface area contributed by atoms with Gasteiger partial charge in [0.25, 0.3) is 0 Å². The van der Waals surface area contributed by atoms with Crippen molar-refractivity contribution in [3.63, 3.8) is 0 Å². The standard InChI is InChI=1S/C15H27N3O2S/c1-14(2)11(4-6-21(14,17)20)7-12-9-15(12)8-10(13(16)19)3-5-18-15/h10-12,17-18H,3-9H2,1-2H3,(H2,16,19)/t10?,11-,12?,15?,21+/m0/s1.